The highest BCUT2D eigenvalue weighted by Gasteiger charge is 2.12. The number of anilines is 1. The minimum Gasteiger partial charge on any atom is -0.374 e. The first-order chi connectivity index (χ1) is 15.7. The average molecular weight is 418 g/mol. The molecule has 0 unspecified atom stereocenters. The van der Waals surface area contributed by atoms with Crippen LogP contribution in [0.15, 0.2) is 102 Å². The zero-order valence-electron chi connectivity index (χ0n) is 17.7. The van der Waals surface area contributed by atoms with Crippen LogP contribution in [0.2, 0.25) is 0 Å². The number of hydrogen-bond acceptors (Lipinski definition) is 3. The Bertz CT molecular complexity index is 1420. The third kappa shape index (κ3) is 3.91. The molecule has 156 valence electrons. The lowest BCUT2D eigenvalue weighted by Crippen LogP contribution is -2.34. The lowest BCUT2D eigenvalue weighted by atomic mass is 9.97. The van der Waals surface area contributed by atoms with Crippen LogP contribution >= 0.6 is 0 Å². The van der Waals surface area contributed by atoms with E-state index in [1.165, 1.54) is 5.39 Å². The van der Waals surface area contributed by atoms with Crippen LogP contribution in [-0.2, 0) is 4.79 Å². The van der Waals surface area contributed by atoms with Crippen molar-refractivity contribution in [3.63, 3.8) is 0 Å². The van der Waals surface area contributed by atoms with E-state index in [1.54, 1.807) is 6.21 Å². The van der Waals surface area contributed by atoms with Gasteiger partial charge in [0.25, 0.3) is 5.91 Å². The van der Waals surface area contributed by atoms with Crippen LogP contribution < -0.4 is 10.7 Å². The summed E-state index contributed by atoms with van der Waals surface area (Å²) in [6.07, 6.45) is 1.74. The number of carbonyl (C=O) groups is 1. The van der Waals surface area contributed by atoms with Crippen LogP contribution in [0.25, 0.3) is 32.3 Å². The first-order valence-corrected chi connectivity index (χ1v) is 10.7. The van der Waals surface area contributed by atoms with E-state index in [4.69, 9.17) is 0 Å². The van der Waals surface area contributed by atoms with Gasteiger partial charge in [-0.2, -0.15) is 5.10 Å². The summed E-state index contributed by atoms with van der Waals surface area (Å²) in [6, 6.07) is 32.4. The van der Waals surface area contributed by atoms with Crippen molar-refractivity contribution in [2.24, 2.45) is 5.10 Å². The van der Waals surface area contributed by atoms with E-state index in [0.29, 0.717) is 0 Å². The van der Waals surface area contributed by atoms with Crippen molar-refractivity contribution in [1.82, 2.24) is 5.43 Å². The molecule has 2 N–H and O–H groups in total. The van der Waals surface area contributed by atoms with Crippen molar-refractivity contribution >= 4 is 50.1 Å². The molecule has 0 spiro atoms. The first kappa shape index (κ1) is 19.8. The molecule has 0 heterocycles. The Kier molecular flexibility index (Phi) is 5.26. The first-order valence-electron chi connectivity index (χ1n) is 10.7. The fourth-order valence-corrected chi connectivity index (χ4v) is 4.04. The Labute approximate surface area is 186 Å². The standard InChI is InChI=1S/C28H23N3O/c1-19(30-24-15-14-20-8-2-3-9-21(20)17-24)28(32)31-29-18-27-25-12-6-4-10-22(25)16-23-11-5-7-13-26(23)27/h2-19,30H,1H3,(H,31,32)/b29-18-/t19-/m1/s1. The largest absolute Gasteiger partial charge is 0.374 e. The van der Waals surface area contributed by atoms with E-state index >= 15 is 0 Å². The lowest BCUT2D eigenvalue weighted by molar-refractivity contribution is -0.121. The van der Waals surface area contributed by atoms with Gasteiger partial charge in [-0.1, -0.05) is 78.9 Å². The number of benzene rings is 5. The molecule has 5 aromatic carbocycles. The molecule has 1 atom stereocenters. The minimum absolute atomic E-state index is 0.195. The average Bonchev–Trinajstić information content (AvgIpc) is 2.83. The fraction of sp³-hybridized carbons (Fsp3) is 0.0714. The number of hydrogen-bond donors (Lipinski definition) is 2. The Morgan fingerprint density at radius 1 is 0.750 bits per heavy atom. The topological polar surface area (TPSA) is 53.5 Å². The van der Waals surface area contributed by atoms with Crippen molar-refractivity contribution in [2.45, 2.75) is 13.0 Å². The van der Waals surface area contributed by atoms with Gasteiger partial charge in [-0.3, -0.25) is 4.79 Å². The Balaban J connectivity index is 1.35. The van der Waals surface area contributed by atoms with E-state index in [1.807, 2.05) is 61.5 Å². The maximum Gasteiger partial charge on any atom is 0.262 e. The molecule has 0 radical (unpaired) electrons. The van der Waals surface area contributed by atoms with Crippen LogP contribution in [0.5, 0.6) is 0 Å². The Morgan fingerprint density at radius 2 is 1.34 bits per heavy atom. The van der Waals surface area contributed by atoms with Gasteiger partial charge >= 0.3 is 0 Å². The van der Waals surface area contributed by atoms with E-state index in [0.717, 1.165) is 38.2 Å². The van der Waals surface area contributed by atoms with Gasteiger partial charge in [0.2, 0.25) is 0 Å². The van der Waals surface area contributed by atoms with Crippen LogP contribution in [0.3, 0.4) is 0 Å². The van der Waals surface area contributed by atoms with E-state index in [2.05, 4.69) is 58.3 Å². The molecule has 0 aliphatic heterocycles. The van der Waals surface area contributed by atoms with Gasteiger partial charge in [0.05, 0.1) is 6.21 Å². The number of amides is 1. The molecule has 0 saturated heterocycles. The molecule has 0 saturated carbocycles. The number of rotatable bonds is 5. The van der Waals surface area contributed by atoms with Crippen molar-refractivity contribution in [2.75, 3.05) is 5.32 Å². The summed E-state index contributed by atoms with van der Waals surface area (Å²) in [4.78, 5) is 12.6. The summed E-state index contributed by atoms with van der Waals surface area (Å²) >= 11 is 0. The normalized spacial score (nSPS) is 12.4. The molecule has 32 heavy (non-hydrogen) atoms. The summed E-state index contributed by atoms with van der Waals surface area (Å²) in [5.41, 5.74) is 4.58. The van der Waals surface area contributed by atoms with Gasteiger partial charge in [0, 0.05) is 11.3 Å². The molecule has 4 heteroatoms. The number of nitrogens with zero attached hydrogens (tertiary/aromatic N) is 1. The molecule has 0 aliphatic rings. The summed E-state index contributed by atoms with van der Waals surface area (Å²) < 4.78 is 0. The van der Waals surface area contributed by atoms with Gasteiger partial charge in [0.15, 0.2) is 0 Å². The molecular formula is C28H23N3O. The van der Waals surface area contributed by atoms with Crippen LogP contribution in [0.1, 0.15) is 12.5 Å². The monoisotopic (exact) mass is 417 g/mol. The predicted octanol–water partition coefficient (Wildman–Crippen LogP) is 6.10. The van der Waals surface area contributed by atoms with Crippen molar-refractivity contribution in [1.29, 1.82) is 0 Å². The van der Waals surface area contributed by atoms with E-state index < -0.39 is 6.04 Å². The summed E-state index contributed by atoms with van der Waals surface area (Å²) in [7, 11) is 0. The number of nitrogens with one attached hydrogen (secondary N) is 2. The number of hydrazone groups is 1. The zero-order valence-corrected chi connectivity index (χ0v) is 17.7. The van der Waals surface area contributed by atoms with Gasteiger partial charge in [-0.15, -0.1) is 0 Å². The van der Waals surface area contributed by atoms with Crippen LogP contribution in [0, 0.1) is 0 Å². The minimum atomic E-state index is -0.433. The third-order valence-corrected chi connectivity index (χ3v) is 5.71. The highest BCUT2D eigenvalue weighted by atomic mass is 16.2. The summed E-state index contributed by atoms with van der Waals surface area (Å²) in [5.74, 6) is -0.195. The second kappa shape index (κ2) is 8.52. The van der Waals surface area contributed by atoms with Crippen LogP contribution in [0.4, 0.5) is 5.69 Å². The van der Waals surface area contributed by atoms with Gasteiger partial charge in [0.1, 0.15) is 6.04 Å². The zero-order chi connectivity index (χ0) is 21.9. The summed E-state index contributed by atoms with van der Waals surface area (Å²) in [6.45, 7) is 1.83. The number of fused-ring (bicyclic) bond motifs is 3. The highest BCUT2D eigenvalue weighted by Crippen LogP contribution is 2.27. The molecule has 0 aromatic heterocycles. The fourth-order valence-electron chi connectivity index (χ4n) is 4.04. The maximum atomic E-state index is 12.6. The van der Waals surface area contributed by atoms with E-state index in [-0.39, 0.29) is 5.91 Å². The van der Waals surface area contributed by atoms with Crippen molar-refractivity contribution in [3.8, 4) is 0 Å². The Morgan fingerprint density at radius 3 is 2.03 bits per heavy atom. The van der Waals surface area contributed by atoms with Crippen LogP contribution in [-0.4, -0.2) is 18.2 Å². The molecule has 5 rings (SSSR count). The second-order valence-electron chi connectivity index (χ2n) is 7.89. The second-order valence-corrected chi connectivity index (χ2v) is 7.89. The van der Waals surface area contributed by atoms with Gasteiger partial charge in [-0.25, -0.2) is 5.43 Å². The molecule has 0 fully saturated rings. The molecule has 1 amide bonds. The van der Waals surface area contributed by atoms with Gasteiger partial charge in [-0.05, 0) is 57.4 Å². The molecule has 0 bridgehead atoms. The Hall–Kier alpha value is -4.18. The highest BCUT2D eigenvalue weighted by molar-refractivity contribution is 6.13. The quantitative estimate of drug-likeness (QED) is 0.206. The molecule has 0 aliphatic carbocycles. The SMILES string of the molecule is C[C@@H](Nc1ccc2ccccc2c1)C(=O)N/N=C\c1c2ccccc2cc2ccccc12. The van der Waals surface area contributed by atoms with Gasteiger partial charge < -0.3 is 5.32 Å². The third-order valence-electron chi connectivity index (χ3n) is 5.71. The lowest BCUT2D eigenvalue weighted by Gasteiger charge is -2.14. The smallest absolute Gasteiger partial charge is 0.262 e. The predicted molar refractivity (Wildman–Crippen MR) is 134 cm³/mol. The van der Waals surface area contributed by atoms with Crippen molar-refractivity contribution < 1.29 is 4.79 Å². The number of carbonyl (C=O) groups excluding carboxylic acids is 1. The maximum absolute atomic E-state index is 12.6. The summed E-state index contributed by atoms with van der Waals surface area (Å²) in [5, 5.41) is 14.3. The molecule has 4 nitrogen and oxygen atoms in total. The molecular weight excluding hydrogens is 394 g/mol. The molecule has 5 aromatic rings. The van der Waals surface area contributed by atoms with E-state index in [9.17, 15) is 4.79 Å². The van der Waals surface area contributed by atoms with Crippen molar-refractivity contribution in [3.05, 3.63) is 103 Å².